The first kappa shape index (κ1) is 20.3. The van der Waals surface area contributed by atoms with Crippen LogP contribution >= 0.6 is 23.2 Å². The SMILES string of the molecule is C[C@H](CCc1ccccc1)NC(=O)[C@@H](C)OC(=O)c1ccc(Cl)cc1Cl. The van der Waals surface area contributed by atoms with Crippen LogP contribution in [0.3, 0.4) is 0 Å². The number of amides is 1. The molecule has 4 nitrogen and oxygen atoms in total. The van der Waals surface area contributed by atoms with E-state index < -0.39 is 12.1 Å². The van der Waals surface area contributed by atoms with E-state index in [4.69, 9.17) is 27.9 Å². The number of ether oxygens (including phenoxy) is 1. The van der Waals surface area contributed by atoms with Crippen molar-refractivity contribution in [2.24, 2.45) is 0 Å². The highest BCUT2D eigenvalue weighted by molar-refractivity contribution is 6.36. The minimum absolute atomic E-state index is 0.0389. The van der Waals surface area contributed by atoms with Crippen LogP contribution in [0.5, 0.6) is 0 Å². The van der Waals surface area contributed by atoms with Gasteiger partial charge in [-0.15, -0.1) is 0 Å². The maximum atomic E-state index is 12.2. The minimum Gasteiger partial charge on any atom is -0.449 e. The summed E-state index contributed by atoms with van der Waals surface area (Å²) >= 11 is 11.8. The van der Waals surface area contributed by atoms with E-state index >= 15 is 0 Å². The third-order valence-corrected chi connectivity index (χ3v) is 4.45. The number of hydrogen-bond donors (Lipinski definition) is 1. The van der Waals surface area contributed by atoms with E-state index in [9.17, 15) is 9.59 Å². The Morgan fingerprint density at radius 2 is 1.77 bits per heavy atom. The van der Waals surface area contributed by atoms with E-state index in [-0.39, 0.29) is 22.5 Å². The summed E-state index contributed by atoms with van der Waals surface area (Å²) in [4.78, 5) is 24.4. The summed E-state index contributed by atoms with van der Waals surface area (Å²) in [6.45, 7) is 3.45. The predicted molar refractivity (Wildman–Crippen MR) is 104 cm³/mol. The summed E-state index contributed by atoms with van der Waals surface area (Å²) in [6, 6.07) is 14.5. The molecule has 2 rings (SSSR count). The Bertz CT molecular complexity index is 765. The number of carbonyl (C=O) groups excluding carboxylic acids is 2. The highest BCUT2D eigenvalue weighted by Crippen LogP contribution is 2.22. The molecule has 1 N–H and O–H groups in total. The molecule has 6 heteroatoms. The predicted octanol–water partition coefficient (Wildman–Crippen LogP) is 4.68. The molecule has 0 aliphatic heterocycles. The van der Waals surface area contributed by atoms with Crippen molar-refractivity contribution >= 4 is 35.1 Å². The molecule has 0 heterocycles. The highest BCUT2D eigenvalue weighted by Gasteiger charge is 2.21. The lowest BCUT2D eigenvalue weighted by Crippen LogP contribution is -2.41. The van der Waals surface area contributed by atoms with Crippen molar-refractivity contribution in [3.05, 3.63) is 69.7 Å². The number of carbonyl (C=O) groups is 2. The number of esters is 1. The van der Waals surface area contributed by atoms with Gasteiger partial charge in [-0.25, -0.2) is 4.79 Å². The molecular formula is C20H21Cl2NO3. The fourth-order valence-electron chi connectivity index (χ4n) is 2.39. The number of halogens is 2. The van der Waals surface area contributed by atoms with Gasteiger partial charge in [-0.05, 0) is 50.5 Å². The maximum absolute atomic E-state index is 12.2. The number of benzene rings is 2. The lowest BCUT2D eigenvalue weighted by Gasteiger charge is -2.18. The van der Waals surface area contributed by atoms with E-state index in [0.29, 0.717) is 5.02 Å². The third kappa shape index (κ3) is 6.04. The highest BCUT2D eigenvalue weighted by atomic mass is 35.5. The second kappa shape index (κ2) is 9.60. The molecule has 0 aromatic heterocycles. The quantitative estimate of drug-likeness (QED) is 0.694. The van der Waals surface area contributed by atoms with Crippen molar-refractivity contribution in [2.75, 3.05) is 0 Å². The molecule has 1 amide bonds. The molecule has 138 valence electrons. The molecular weight excluding hydrogens is 373 g/mol. The van der Waals surface area contributed by atoms with Gasteiger partial charge in [0.25, 0.3) is 5.91 Å². The molecule has 0 fully saturated rings. The topological polar surface area (TPSA) is 55.4 Å². The fraction of sp³-hybridized carbons (Fsp3) is 0.300. The van der Waals surface area contributed by atoms with Crippen LogP contribution in [0.2, 0.25) is 10.0 Å². The van der Waals surface area contributed by atoms with Crippen LogP contribution in [-0.4, -0.2) is 24.0 Å². The molecule has 0 saturated heterocycles. The zero-order valence-electron chi connectivity index (χ0n) is 14.7. The van der Waals surface area contributed by atoms with Gasteiger partial charge in [0.15, 0.2) is 6.10 Å². The summed E-state index contributed by atoms with van der Waals surface area (Å²) in [5, 5.41) is 3.47. The number of rotatable bonds is 7. The summed E-state index contributed by atoms with van der Waals surface area (Å²) in [5.74, 6) is -1.00. The third-order valence-electron chi connectivity index (χ3n) is 3.90. The molecule has 0 saturated carbocycles. The molecule has 0 aliphatic carbocycles. The Hall–Kier alpha value is -2.04. The summed E-state index contributed by atoms with van der Waals surface area (Å²) in [5.41, 5.74) is 1.39. The number of nitrogens with one attached hydrogen (secondary N) is 1. The molecule has 26 heavy (non-hydrogen) atoms. The zero-order valence-corrected chi connectivity index (χ0v) is 16.2. The standard InChI is InChI=1S/C20H21Cl2NO3/c1-13(8-9-15-6-4-3-5-7-15)23-19(24)14(2)26-20(25)17-11-10-16(21)12-18(17)22/h3-7,10-14H,8-9H2,1-2H3,(H,23,24)/t13-,14-/m1/s1. The molecule has 0 aliphatic rings. The molecule has 0 spiro atoms. The van der Waals surface area contributed by atoms with Gasteiger partial charge >= 0.3 is 5.97 Å². The first-order chi connectivity index (χ1) is 12.4. The van der Waals surface area contributed by atoms with Crippen molar-refractivity contribution in [3.63, 3.8) is 0 Å². The van der Waals surface area contributed by atoms with E-state index in [1.807, 2.05) is 25.1 Å². The molecule has 0 unspecified atom stereocenters. The molecule has 0 radical (unpaired) electrons. The van der Waals surface area contributed by atoms with Gasteiger partial charge in [0.1, 0.15) is 0 Å². The molecule has 2 aromatic rings. The molecule has 2 atom stereocenters. The number of aryl methyl sites for hydroxylation is 1. The monoisotopic (exact) mass is 393 g/mol. The Morgan fingerprint density at radius 1 is 1.08 bits per heavy atom. The smallest absolute Gasteiger partial charge is 0.340 e. The van der Waals surface area contributed by atoms with Crippen LogP contribution in [0.4, 0.5) is 0 Å². The fourth-order valence-corrected chi connectivity index (χ4v) is 2.88. The van der Waals surface area contributed by atoms with Crippen molar-refractivity contribution in [1.82, 2.24) is 5.32 Å². The van der Waals surface area contributed by atoms with Gasteiger partial charge in [0.05, 0.1) is 10.6 Å². The summed E-state index contributed by atoms with van der Waals surface area (Å²) < 4.78 is 5.20. The van der Waals surface area contributed by atoms with Crippen molar-refractivity contribution in [1.29, 1.82) is 0 Å². The maximum Gasteiger partial charge on any atom is 0.340 e. The normalized spacial score (nSPS) is 12.9. The Balaban J connectivity index is 1.83. The first-order valence-electron chi connectivity index (χ1n) is 8.37. The lowest BCUT2D eigenvalue weighted by molar-refractivity contribution is -0.129. The van der Waals surface area contributed by atoms with Gasteiger partial charge < -0.3 is 10.1 Å². The van der Waals surface area contributed by atoms with Crippen LogP contribution in [0.1, 0.15) is 36.2 Å². The minimum atomic E-state index is -0.923. The first-order valence-corrected chi connectivity index (χ1v) is 9.12. The largest absolute Gasteiger partial charge is 0.449 e. The summed E-state index contributed by atoms with van der Waals surface area (Å²) in [7, 11) is 0. The Morgan fingerprint density at radius 3 is 2.42 bits per heavy atom. The van der Waals surface area contributed by atoms with Gasteiger partial charge in [-0.2, -0.15) is 0 Å². The van der Waals surface area contributed by atoms with Crippen LogP contribution in [0.15, 0.2) is 48.5 Å². The molecule has 0 bridgehead atoms. The van der Waals surface area contributed by atoms with E-state index in [1.165, 1.54) is 24.6 Å². The van der Waals surface area contributed by atoms with Crippen molar-refractivity contribution in [2.45, 2.75) is 38.8 Å². The molecule has 2 aromatic carbocycles. The second-order valence-corrected chi connectivity index (χ2v) is 6.95. The zero-order chi connectivity index (χ0) is 19.1. The van der Waals surface area contributed by atoms with Crippen LogP contribution in [0.25, 0.3) is 0 Å². The van der Waals surface area contributed by atoms with Crippen LogP contribution in [0, 0.1) is 0 Å². The van der Waals surface area contributed by atoms with Gasteiger partial charge in [0.2, 0.25) is 0 Å². The average molecular weight is 394 g/mol. The van der Waals surface area contributed by atoms with Crippen LogP contribution in [-0.2, 0) is 16.0 Å². The lowest BCUT2D eigenvalue weighted by atomic mass is 10.1. The average Bonchev–Trinajstić information content (AvgIpc) is 2.60. The van der Waals surface area contributed by atoms with Gasteiger partial charge in [-0.3, -0.25) is 4.79 Å². The second-order valence-electron chi connectivity index (χ2n) is 6.11. The van der Waals surface area contributed by atoms with Crippen molar-refractivity contribution < 1.29 is 14.3 Å². The van der Waals surface area contributed by atoms with Gasteiger partial charge in [-0.1, -0.05) is 53.5 Å². The van der Waals surface area contributed by atoms with Crippen LogP contribution < -0.4 is 5.32 Å². The van der Waals surface area contributed by atoms with E-state index in [0.717, 1.165) is 12.8 Å². The number of hydrogen-bond acceptors (Lipinski definition) is 3. The van der Waals surface area contributed by atoms with Crippen molar-refractivity contribution in [3.8, 4) is 0 Å². The summed E-state index contributed by atoms with van der Waals surface area (Å²) in [6.07, 6.45) is 0.726. The van der Waals surface area contributed by atoms with E-state index in [1.54, 1.807) is 6.07 Å². The van der Waals surface area contributed by atoms with E-state index in [2.05, 4.69) is 17.4 Å². The van der Waals surface area contributed by atoms with Gasteiger partial charge in [0, 0.05) is 11.1 Å². The Labute approximate surface area is 163 Å². The Kier molecular flexibility index (Phi) is 7.49.